The molecule has 0 spiro atoms. The summed E-state index contributed by atoms with van der Waals surface area (Å²) in [5, 5.41) is 0. The highest BCUT2D eigenvalue weighted by molar-refractivity contribution is 5.55. The second-order valence-corrected chi connectivity index (χ2v) is 5.44. The second kappa shape index (κ2) is 5.50. The van der Waals surface area contributed by atoms with Gasteiger partial charge in [-0.2, -0.15) is 0 Å². The van der Waals surface area contributed by atoms with Crippen molar-refractivity contribution in [2.75, 3.05) is 27.0 Å². The quantitative estimate of drug-likeness (QED) is 0.911. The highest BCUT2D eigenvalue weighted by Gasteiger charge is 2.30. The van der Waals surface area contributed by atoms with Crippen LogP contribution in [-0.2, 0) is 0 Å². The molecule has 0 radical (unpaired) electrons. The van der Waals surface area contributed by atoms with Crippen LogP contribution in [0, 0.1) is 0 Å². The van der Waals surface area contributed by atoms with Crippen LogP contribution in [0.3, 0.4) is 0 Å². The van der Waals surface area contributed by atoms with Gasteiger partial charge in [-0.25, -0.2) is 0 Å². The van der Waals surface area contributed by atoms with Crippen LogP contribution in [0.15, 0.2) is 12.1 Å². The van der Waals surface area contributed by atoms with Crippen LogP contribution in [0.2, 0.25) is 0 Å². The smallest absolute Gasteiger partial charge is 0.231 e. The van der Waals surface area contributed by atoms with Crippen molar-refractivity contribution in [1.29, 1.82) is 0 Å². The van der Waals surface area contributed by atoms with Crippen molar-refractivity contribution in [2.24, 2.45) is 5.73 Å². The van der Waals surface area contributed by atoms with Gasteiger partial charge in [-0.3, -0.25) is 4.90 Å². The summed E-state index contributed by atoms with van der Waals surface area (Å²) in [6.07, 6.45) is 2.47. The number of nitrogens with zero attached hydrogens (tertiary/aromatic N) is 1. The molecule has 0 aliphatic carbocycles. The maximum Gasteiger partial charge on any atom is 0.231 e. The topological polar surface area (TPSA) is 57.0 Å². The van der Waals surface area contributed by atoms with Gasteiger partial charge in [0.1, 0.15) is 0 Å². The molecule has 20 heavy (non-hydrogen) atoms. The molecular formula is C15H22N2O3. The lowest BCUT2D eigenvalue weighted by Gasteiger charge is -2.31. The molecule has 1 aromatic carbocycles. The molecule has 0 saturated carbocycles. The maximum absolute atomic E-state index is 6.03. The van der Waals surface area contributed by atoms with Crippen molar-refractivity contribution in [1.82, 2.24) is 4.90 Å². The van der Waals surface area contributed by atoms with Crippen LogP contribution in [0.25, 0.3) is 0 Å². The van der Waals surface area contributed by atoms with E-state index in [0.717, 1.165) is 23.6 Å². The fourth-order valence-corrected chi connectivity index (χ4v) is 3.22. The molecule has 3 rings (SSSR count). The van der Waals surface area contributed by atoms with Crippen molar-refractivity contribution in [3.63, 3.8) is 0 Å². The predicted molar refractivity (Wildman–Crippen MR) is 76.3 cm³/mol. The average Bonchev–Trinajstić information content (AvgIpc) is 3.08. The third-order valence-electron chi connectivity index (χ3n) is 4.29. The van der Waals surface area contributed by atoms with E-state index >= 15 is 0 Å². The number of fused-ring (bicyclic) bond motifs is 1. The normalized spacial score (nSPS) is 23.1. The highest BCUT2D eigenvalue weighted by atomic mass is 16.7. The number of hydrogen-bond donors (Lipinski definition) is 1. The molecule has 1 aromatic rings. The Bertz CT molecular complexity index is 492. The van der Waals surface area contributed by atoms with Gasteiger partial charge in [-0.05, 0) is 44.0 Å². The number of ether oxygens (including phenoxy) is 3. The maximum atomic E-state index is 6.03. The van der Waals surface area contributed by atoms with Crippen molar-refractivity contribution in [3.05, 3.63) is 17.7 Å². The standard InChI is InChI=1S/C15H22N2O3/c1-10-4-3-5-17(10)12(8-16)11-6-13(18-2)15-14(7-11)19-9-20-15/h6-7,10,12H,3-5,8-9,16H2,1-2H3. The summed E-state index contributed by atoms with van der Waals surface area (Å²) in [7, 11) is 1.65. The molecule has 1 saturated heterocycles. The van der Waals surface area contributed by atoms with Gasteiger partial charge in [-0.15, -0.1) is 0 Å². The van der Waals surface area contributed by atoms with Gasteiger partial charge in [-0.1, -0.05) is 0 Å². The van der Waals surface area contributed by atoms with Gasteiger partial charge >= 0.3 is 0 Å². The van der Waals surface area contributed by atoms with E-state index in [1.54, 1.807) is 7.11 Å². The van der Waals surface area contributed by atoms with Crippen LogP contribution in [0.5, 0.6) is 17.2 Å². The summed E-state index contributed by atoms with van der Waals surface area (Å²) < 4.78 is 16.4. The predicted octanol–water partition coefficient (Wildman–Crippen LogP) is 1.91. The summed E-state index contributed by atoms with van der Waals surface area (Å²) in [6, 6.07) is 4.83. The molecule has 5 nitrogen and oxygen atoms in total. The molecule has 110 valence electrons. The van der Waals surface area contributed by atoms with E-state index in [1.165, 1.54) is 12.8 Å². The third-order valence-corrected chi connectivity index (χ3v) is 4.29. The Balaban J connectivity index is 1.95. The minimum atomic E-state index is 0.205. The van der Waals surface area contributed by atoms with Crippen LogP contribution in [-0.4, -0.2) is 37.9 Å². The first-order chi connectivity index (χ1) is 9.74. The van der Waals surface area contributed by atoms with Gasteiger partial charge in [0.2, 0.25) is 12.5 Å². The lowest BCUT2D eigenvalue weighted by Crippen LogP contribution is -2.36. The number of nitrogens with two attached hydrogens (primary N) is 1. The van der Waals surface area contributed by atoms with Crippen LogP contribution in [0.1, 0.15) is 31.4 Å². The molecule has 2 aliphatic heterocycles. The second-order valence-electron chi connectivity index (χ2n) is 5.44. The van der Waals surface area contributed by atoms with E-state index in [-0.39, 0.29) is 12.8 Å². The molecule has 2 heterocycles. The molecule has 2 atom stereocenters. The number of rotatable bonds is 4. The number of benzene rings is 1. The Labute approximate surface area is 119 Å². The summed E-state index contributed by atoms with van der Waals surface area (Å²) in [5.74, 6) is 2.17. The Morgan fingerprint density at radius 2 is 2.30 bits per heavy atom. The lowest BCUT2D eigenvalue weighted by atomic mass is 10.0. The minimum absolute atomic E-state index is 0.205. The highest BCUT2D eigenvalue weighted by Crippen LogP contribution is 2.44. The van der Waals surface area contributed by atoms with E-state index in [2.05, 4.69) is 11.8 Å². The fourth-order valence-electron chi connectivity index (χ4n) is 3.22. The van der Waals surface area contributed by atoms with E-state index in [4.69, 9.17) is 19.9 Å². The molecule has 0 aromatic heterocycles. The molecule has 0 bridgehead atoms. The monoisotopic (exact) mass is 278 g/mol. The molecule has 5 heteroatoms. The number of hydrogen-bond acceptors (Lipinski definition) is 5. The van der Waals surface area contributed by atoms with Gasteiger partial charge in [0.15, 0.2) is 11.5 Å². The molecular weight excluding hydrogens is 256 g/mol. The Morgan fingerprint density at radius 3 is 2.95 bits per heavy atom. The zero-order valence-corrected chi connectivity index (χ0v) is 12.1. The van der Waals surface area contributed by atoms with E-state index in [0.29, 0.717) is 18.3 Å². The Morgan fingerprint density at radius 1 is 1.45 bits per heavy atom. The van der Waals surface area contributed by atoms with E-state index < -0.39 is 0 Å². The zero-order valence-electron chi connectivity index (χ0n) is 12.1. The number of likely N-dealkylation sites (tertiary alicyclic amines) is 1. The van der Waals surface area contributed by atoms with Crippen LogP contribution >= 0.6 is 0 Å². The first-order valence-corrected chi connectivity index (χ1v) is 7.18. The third kappa shape index (κ3) is 2.21. The summed E-state index contributed by atoms with van der Waals surface area (Å²) in [4.78, 5) is 2.47. The average molecular weight is 278 g/mol. The minimum Gasteiger partial charge on any atom is -0.493 e. The fraction of sp³-hybridized carbons (Fsp3) is 0.600. The van der Waals surface area contributed by atoms with E-state index in [1.807, 2.05) is 12.1 Å². The molecule has 0 amide bonds. The van der Waals surface area contributed by atoms with Crippen molar-refractivity contribution in [2.45, 2.75) is 31.8 Å². The Hall–Kier alpha value is -1.46. The van der Waals surface area contributed by atoms with Gasteiger partial charge in [0.25, 0.3) is 0 Å². The van der Waals surface area contributed by atoms with Crippen LogP contribution < -0.4 is 19.9 Å². The SMILES string of the molecule is COc1cc(C(CN)N2CCCC2C)cc2c1OCO2. The summed E-state index contributed by atoms with van der Waals surface area (Å²) in [5.41, 5.74) is 7.17. The van der Waals surface area contributed by atoms with Gasteiger partial charge < -0.3 is 19.9 Å². The first-order valence-electron chi connectivity index (χ1n) is 7.18. The zero-order chi connectivity index (χ0) is 14.1. The summed E-state index contributed by atoms with van der Waals surface area (Å²) >= 11 is 0. The summed E-state index contributed by atoms with van der Waals surface area (Å²) in [6.45, 7) is 4.20. The first kappa shape index (κ1) is 13.5. The van der Waals surface area contributed by atoms with Gasteiger partial charge in [0.05, 0.1) is 7.11 Å². The van der Waals surface area contributed by atoms with Crippen molar-refractivity contribution < 1.29 is 14.2 Å². The van der Waals surface area contributed by atoms with Crippen LogP contribution in [0.4, 0.5) is 0 Å². The number of methoxy groups -OCH3 is 1. The van der Waals surface area contributed by atoms with Crippen molar-refractivity contribution in [3.8, 4) is 17.2 Å². The lowest BCUT2D eigenvalue weighted by molar-refractivity contribution is 0.171. The van der Waals surface area contributed by atoms with E-state index in [9.17, 15) is 0 Å². The van der Waals surface area contributed by atoms with Crippen molar-refractivity contribution >= 4 is 0 Å². The molecule has 2 aliphatic rings. The van der Waals surface area contributed by atoms with Gasteiger partial charge in [0, 0.05) is 18.6 Å². The molecule has 1 fully saturated rings. The molecule has 2 N–H and O–H groups in total. The molecule has 2 unspecified atom stereocenters. The largest absolute Gasteiger partial charge is 0.493 e. The Kier molecular flexibility index (Phi) is 3.72.